The van der Waals surface area contributed by atoms with E-state index in [1.54, 1.807) is 0 Å². The molecule has 0 atom stereocenters. The van der Waals surface area contributed by atoms with Gasteiger partial charge in [-0.25, -0.2) is 0 Å². The zero-order valence-electron chi connectivity index (χ0n) is 18.5. The average Bonchev–Trinajstić information content (AvgIpc) is 2.75. The van der Waals surface area contributed by atoms with Gasteiger partial charge in [0.15, 0.2) is 0 Å². The predicted molar refractivity (Wildman–Crippen MR) is 124 cm³/mol. The van der Waals surface area contributed by atoms with Crippen molar-refractivity contribution in [2.24, 2.45) is 0 Å². The van der Waals surface area contributed by atoms with E-state index >= 15 is 0 Å². The van der Waals surface area contributed by atoms with Crippen molar-refractivity contribution in [2.45, 2.75) is 37.9 Å². The van der Waals surface area contributed by atoms with Crippen LogP contribution in [0.1, 0.15) is 26.3 Å². The van der Waals surface area contributed by atoms with Gasteiger partial charge in [-0.2, -0.15) is 21.6 Å². The second kappa shape index (κ2) is 9.32. The summed E-state index contributed by atoms with van der Waals surface area (Å²) in [5.74, 6) is -0.415. The third-order valence-corrected chi connectivity index (χ3v) is 11.2. The highest BCUT2D eigenvalue weighted by Crippen LogP contribution is 2.37. The lowest BCUT2D eigenvalue weighted by Gasteiger charge is -2.43. The molecule has 0 heterocycles. The molecule has 0 aliphatic heterocycles. The molecule has 0 radical (unpaired) electrons. The molecule has 0 aliphatic rings. The van der Waals surface area contributed by atoms with Gasteiger partial charge < -0.3 is 8.61 Å². The Morgan fingerprint density at radius 1 is 0.758 bits per heavy atom. The first-order valence-corrected chi connectivity index (χ1v) is 13.5. The lowest BCUT2D eigenvalue weighted by Crippen LogP contribution is -2.66. The second-order valence-corrected chi connectivity index (χ2v) is 14.4. The molecule has 0 unspecified atom stereocenters. The van der Waals surface area contributed by atoms with E-state index in [4.69, 9.17) is 4.43 Å². The quantitative estimate of drug-likeness (QED) is 0.264. The van der Waals surface area contributed by atoms with Gasteiger partial charge in [0, 0.05) is 0 Å². The topological polar surface area (TPSA) is 52.6 Å². The Hall–Kier alpha value is -2.62. The molecule has 4 nitrogen and oxygen atoms in total. The fourth-order valence-corrected chi connectivity index (χ4v) is 8.77. The smallest absolute Gasteiger partial charge is 0.403 e. The molecule has 0 aliphatic carbocycles. The summed E-state index contributed by atoms with van der Waals surface area (Å²) in [7, 11) is -8.50. The Morgan fingerprint density at radius 3 is 1.61 bits per heavy atom. The Labute approximate surface area is 193 Å². The Balaban J connectivity index is 1.93. The van der Waals surface area contributed by atoms with E-state index in [0.717, 1.165) is 10.4 Å². The maximum absolute atomic E-state index is 12.6. The summed E-state index contributed by atoms with van der Waals surface area (Å²) >= 11 is 0. The minimum atomic E-state index is -5.71. The van der Waals surface area contributed by atoms with Crippen molar-refractivity contribution in [3.63, 3.8) is 0 Å². The molecule has 0 amide bonds. The van der Waals surface area contributed by atoms with Crippen LogP contribution in [0.15, 0.2) is 84.9 Å². The summed E-state index contributed by atoms with van der Waals surface area (Å²) in [6.45, 7) is 6.61. The van der Waals surface area contributed by atoms with Gasteiger partial charge in [0.05, 0.1) is 6.61 Å². The normalized spacial score (nSPS) is 13.0. The molecule has 3 rings (SSSR count). The Bertz CT molecular complexity index is 1120. The van der Waals surface area contributed by atoms with E-state index < -0.39 is 29.7 Å². The first-order chi connectivity index (χ1) is 15.4. The maximum Gasteiger partial charge on any atom is 0.534 e. The molecule has 176 valence electrons. The van der Waals surface area contributed by atoms with Crippen molar-refractivity contribution in [3.05, 3.63) is 90.5 Å². The zero-order valence-corrected chi connectivity index (χ0v) is 20.3. The second-order valence-electron chi connectivity index (χ2n) is 8.58. The van der Waals surface area contributed by atoms with Crippen molar-refractivity contribution in [1.29, 1.82) is 0 Å². The number of hydrogen-bond acceptors (Lipinski definition) is 4. The molecule has 0 fully saturated rings. The van der Waals surface area contributed by atoms with E-state index in [2.05, 4.69) is 49.2 Å². The molecule has 33 heavy (non-hydrogen) atoms. The number of benzene rings is 3. The summed E-state index contributed by atoms with van der Waals surface area (Å²) in [4.78, 5) is 0. The predicted octanol–water partition coefficient (Wildman–Crippen LogP) is 4.99. The SMILES string of the molecule is CC(C)(C)[Si](OCc1ccc(OS(=O)(=O)C(F)(F)F)cc1)(c1ccccc1)c1ccccc1. The van der Waals surface area contributed by atoms with E-state index in [0.29, 0.717) is 5.56 Å². The molecule has 0 saturated heterocycles. The minimum absolute atomic E-state index is 0.194. The van der Waals surface area contributed by atoms with Crippen LogP contribution in [0, 0.1) is 0 Å². The van der Waals surface area contributed by atoms with Crippen molar-refractivity contribution in [1.82, 2.24) is 0 Å². The van der Waals surface area contributed by atoms with Crippen LogP contribution in [0.4, 0.5) is 13.2 Å². The number of alkyl halides is 3. The van der Waals surface area contributed by atoms with Crippen molar-refractivity contribution in [2.75, 3.05) is 0 Å². The number of halogens is 3. The summed E-state index contributed by atoms with van der Waals surface area (Å²) in [5, 5.41) is 1.96. The zero-order chi connectivity index (χ0) is 24.3. The van der Waals surface area contributed by atoms with Gasteiger partial charge in [-0.05, 0) is 33.1 Å². The molecule has 3 aromatic rings. The minimum Gasteiger partial charge on any atom is -0.403 e. The molecule has 0 aromatic heterocycles. The van der Waals surface area contributed by atoms with E-state index in [9.17, 15) is 21.6 Å². The largest absolute Gasteiger partial charge is 0.534 e. The van der Waals surface area contributed by atoms with Gasteiger partial charge in [-0.15, -0.1) is 0 Å². The summed E-state index contributed by atoms with van der Waals surface area (Å²) in [5.41, 5.74) is -4.81. The molecule has 0 N–H and O–H groups in total. The van der Waals surface area contributed by atoms with E-state index in [1.165, 1.54) is 24.3 Å². The molecule has 0 spiro atoms. The molecular weight excluding hydrogens is 469 g/mol. The Morgan fingerprint density at radius 2 is 1.21 bits per heavy atom. The van der Waals surface area contributed by atoms with Crippen LogP contribution in [0.5, 0.6) is 5.75 Å². The highest BCUT2D eigenvalue weighted by Gasteiger charge is 2.50. The average molecular weight is 495 g/mol. The molecule has 0 bridgehead atoms. The van der Waals surface area contributed by atoms with Crippen LogP contribution < -0.4 is 14.6 Å². The van der Waals surface area contributed by atoms with Crippen molar-refractivity contribution >= 4 is 28.8 Å². The van der Waals surface area contributed by atoms with Gasteiger partial charge >= 0.3 is 15.6 Å². The highest BCUT2D eigenvalue weighted by atomic mass is 32.2. The van der Waals surface area contributed by atoms with Crippen LogP contribution >= 0.6 is 0 Å². The fourth-order valence-electron chi connectivity index (χ4n) is 3.77. The van der Waals surface area contributed by atoms with Crippen molar-refractivity contribution in [3.8, 4) is 5.75 Å². The number of hydrogen-bond donors (Lipinski definition) is 0. The standard InChI is InChI=1S/C24H25F3O4SSi/c1-23(2,3)33(21-10-6-4-7-11-21,22-12-8-5-9-13-22)30-18-19-14-16-20(17-15-19)31-32(28,29)24(25,26)27/h4-17H,18H2,1-3H3. The summed E-state index contributed by atoms with van der Waals surface area (Å²) < 4.78 is 71.0. The lowest BCUT2D eigenvalue weighted by molar-refractivity contribution is -0.0500. The van der Waals surface area contributed by atoms with Crippen LogP contribution in [-0.2, 0) is 21.2 Å². The number of rotatable bonds is 7. The summed E-state index contributed by atoms with van der Waals surface area (Å²) in [6, 6.07) is 25.4. The highest BCUT2D eigenvalue weighted by molar-refractivity contribution is 7.88. The van der Waals surface area contributed by atoms with Crippen LogP contribution in [0.2, 0.25) is 5.04 Å². The van der Waals surface area contributed by atoms with E-state index in [-0.39, 0.29) is 11.6 Å². The van der Waals surface area contributed by atoms with E-state index in [1.807, 2.05) is 36.4 Å². The third-order valence-electron chi connectivity index (χ3n) is 5.28. The maximum atomic E-state index is 12.6. The molecule has 9 heteroatoms. The van der Waals surface area contributed by atoms with Gasteiger partial charge in [0.1, 0.15) is 5.75 Å². The van der Waals surface area contributed by atoms with Gasteiger partial charge in [0.25, 0.3) is 8.32 Å². The van der Waals surface area contributed by atoms with Gasteiger partial charge in [-0.1, -0.05) is 93.6 Å². The fraction of sp³-hybridized carbons (Fsp3) is 0.250. The van der Waals surface area contributed by atoms with Gasteiger partial charge in [0.2, 0.25) is 0 Å². The molecular formula is C24H25F3O4SSi. The molecule has 3 aromatic carbocycles. The third kappa shape index (κ3) is 5.31. The summed E-state index contributed by atoms with van der Waals surface area (Å²) in [6.07, 6.45) is 0. The van der Waals surface area contributed by atoms with Crippen LogP contribution in [-0.4, -0.2) is 22.2 Å². The molecule has 0 saturated carbocycles. The lowest BCUT2D eigenvalue weighted by atomic mass is 10.2. The first kappa shape index (κ1) is 25.0. The monoisotopic (exact) mass is 494 g/mol. The first-order valence-electron chi connectivity index (χ1n) is 10.2. The van der Waals surface area contributed by atoms with Crippen molar-refractivity contribution < 1.29 is 30.2 Å². The van der Waals surface area contributed by atoms with Crippen LogP contribution in [0.25, 0.3) is 0 Å². The van der Waals surface area contributed by atoms with Gasteiger partial charge in [-0.3, -0.25) is 0 Å². The Kier molecular flexibility index (Phi) is 7.06. The van der Waals surface area contributed by atoms with Crippen LogP contribution in [0.3, 0.4) is 0 Å².